The Labute approximate surface area is 171 Å². The van der Waals surface area contributed by atoms with Gasteiger partial charge in [-0.15, -0.1) is 24.0 Å². The van der Waals surface area contributed by atoms with Gasteiger partial charge in [0.05, 0.1) is 0 Å². The number of nitrogens with zero attached hydrogens (tertiary/aromatic N) is 2. The molecule has 0 radical (unpaired) electrons. The number of alkyl halides is 3. The minimum absolute atomic E-state index is 0. The molecule has 1 fully saturated rings. The lowest BCUT2D eigenvalue weighted by Crippen LogP contribution is -2.46. The summed E-state index contributed by atoms with van der Waals surface area (Å²) in [6.07, 6.45) is 0.746. The first-order valence-corrected chi connectivity index (χ1v) is 10.0. The third-order valence-corrected chi connectivity index (χ3v) is 6.05. The van der Waals surface area contributed by atoms with E-state index in [1.54, 1.807) is 0 Å². The van der Waals surface area contributed by atoms with E-state index in [-0.39, 0.29) is 49.0 Å². The number of hydrogen-bond acceptors (Lipinski definition) is 3. The van der Waals surface area contributed by atoms with Gasteiger partial charge in [0.25, 0.3) is 0 Å². The average molecular weight is 514 g/mol. The molecule has 11 heteroatoms. The quantitative estimate of drug-likeness (QED) is 0.325. The zero-order valence-corrected chi connectivity index (χ0v) is 18.8. The monoisotopic (exact) mass is 514 g/mol. The summed E-state index contributed by atoms with van der Waals surface area (Å²) in [5.41, 5.74) is -5.23. The van der Waals surface area contributed by atoms with Crippen molar-refractivity contribution in [2.45, 2.75) is 52.1 Å². The van der Waals surface area contributed by atoms with E-state index >= 15 is 0 Å². The van der Waals surface area contributed by atoms with E-state index in [1.807, 2.05) is 6.92 Å². The summed E-state index contributed by atoms with van der Waals surface area (Å²) in [4.78, 5) is 4.50. The molecular weight excluding hydrogens is 484 g/mol. The van der Waals surface area contributed by atoms with E-state index in [1.165, 1.54) is 0 Å². The van der Waals surface area contributed by atoms with E-state index in [4.69, 9.17) is 0 Å². The molecule has 0 spiro atoms. The van der Waals surface area contributed by atoms with Crippen molar-refractivity contribution in [3.63, 3.8) is 0 Å². The van der Waals surface area contributed by atoms with E-state index in [9.17, 15) is 21.6 Å². The van der Waals surface area contributed by atoms with E-state index in [0.29, 0.717) is 42.1 Å². The Morgan fingerprint density at radius 3 is 2.19 bits per heavy atom. The van der Waals surface area contributed by atoms with Crippen LogP contribution in [-0.2, 0) is 10.0 Å². The molecule has 0 aromatic heterocycles. The summed E-state index contributed by atoms with van der Waals surface area (Å²) >= 11 is 0. The highest BCUT2D eigenvalue weighted by molar-refractivity contribution is 14.0. The fraction of sp³-hybridized carbons (Fsp3) is 0.933. The number of guanidine groups is 1. The van der Waals surface area contributed by atoms with Crippen LogP contribution in [0.2, 0.25) is 0 Å². The zero-order valence-electron chi connectivity index (χ0n) is 15.6. The highest BCUT2D eigenvalue weighted by Gasteiger charge is 2.50. The molecule has 6 nitrogen and oxygen atoms in total. The van der Waals surface area contributed by atoms with E-state index in [2.05, 4.69) is 36.4 Å². The Morgan fingerprint density at radius 1 is 1.23 bits per heavy atom. The molecule has 1 saturated heterocycles. The van der Waals surface area contributed by atoms with Crippen molar-refractivity contribution in [3.8, 4) is 0 Å². The molecule has 0 aromatic rings. The topological polar surface area (TPSA) is 73.8 Å². The van der Waals surface area contributed by atoms with Gasteiger partial charge in [0.15, 0.2) is 5.96 Å². The highest BCUT2D eigenvalue weighted by Crippen LogP contribution is 2.30. The molecule has 156 valence electrons. The Hall–Kier alpha value is -0.300. The predicted molar refractivity (Wildman–Crippen MR) is 108 cm³/mol. The van der Waals surface area contributed by atoms with Gasteiger partial charge in [0.1, 0.15) is 0 Å². The molecule has 1 unspecified atom stereocenters. The van der Waals surface area contributed by atoms with Gasteiger partial charge in [0, 0.05) is 32.2 Å². The van der Waals surface area contributed by atoms with Crippen LogP contribution < -0.4 is 10.6 Å². The second kappa shape index (κ2) is 10.9. The van der Waals surface area contributed by atoms with Crippen LogP contribution >= 0.6 is 24.0 Å². The molecule has 0 bridgehead atoms. The standard InChI is InChI=1S/C15H29F3N4O2S.HI/c1-5-19-14(21-12(4)11(2)3)20-10-13-6-8-22(9-7-13)25(23,24)15(16,17)18;/h11-13H,5-10H2,1-4H3,(H2,19,20,21);1H. The van der Waals surface area contributed by atoms with Crippen LogP contribution in [-0.4, -0.2) is 56.4 Å². The number of sulfonamides is 1. The molecule has 1 aliphatic rings. The third-order valence-electron chi connectivity index (χ3n) is 4.42. The van der Waals surface area contributed by atoms with Gasteiger partial charge in [-0.3, -0.25) is 4.99 Å². The fourth-order valence-electron chi connectivity index (χ4n) is 2.40. The Balaban J connectivity index is 0.00000625. The van der Waals surface area contributed by atoms with Crippen LogP contribution in [0.15, 0.2) is 4.99 Å². The average Bonchev–Trinajstić information content (AvgIpc) is 2.52. The number of aliphatic imine (C=N–C) groups is 1. The van der Waals surface area contributed by atoms with Gasteiger partial charge in [-0.2, -0.15) is 17.5 Å². The number of halogens is 4. The maximum absolute atomic E-state index is 12.6. The zero-order chi connectivity index (χ0) is 19.3. The normalized spacial score (nSPS) is 19.2. The molecule has 1 rings (SSSR count). The molecule has 2 N–H and O–H groups in total. The van der Waals surface area contributed by atoms with Crippen molar-refractivity contribution in [2.75, 3.05) is 26.2 Å². The third kappa shape index (κ3) is 7.37. The van der Waals surface area contributed by atoms with Crippen LogP contribution in [0.25, 0.3) is 0 Å². The van der Waals surface area contributed by atoms with E-state index < -0.39 is 15.5 Å². The molecular formula is C15H30F3IN4O2S. The van der Waals surface area contributed by atoms with Crippen LogP contribution in [0.5, 0.6) is 0 Å². The smallest absolute Gasteiger partial charge is 0.357 e. The van der Waals surface area contributed by atoms with Crippen molar-refractivity contribution < 1.29 is 21.6 Å². The van der Waals surface area contributed by atoms with Gasteiger partial charge in [-0.25, -0.2) is 8.42 Å². The second-order valence-electron chi connectivity index (χ2n) is 6.69. The van der Waals surface area contributed by atoms with Crippen LogP contribution in [0.1, 0.15) is 40.5 Å². The van der Waals surface area contributed by atoms with Gasteiger partial charge < -0.3 is 10.6 Å². The molecule has 0 amide bonds. The van der Waals surface area contributed by atoms with Crippen molar-refractivity contribution in [1.29, 1.82) is 0 Å². The maximum Gasteiger partial charge on any atom is 0.511 e. The number of hydrogen-bond donors (Lipinski definition) is 2. The summed E-state index contributed by atoms with van der Waals surface area (Å²) in [5.74, 6) is 1.18. The fourth-order valence-corrected chi connectivity index (χ4v) is 3.39. The first-order valence-electron chi connectivity index (χ1n) is 8.60. The van der Waals surface area contributed by atoms with Crippen LogP contribution in [0, 0.1) is 11.8 Å². The lowest BCUT2D eigenvalue weighted by atomic mass is 9.98. The van der Waals surface area contributed by atoms with Crippen molar-refractivity contribution in [1.82, 2.24) is 14.9 Å². The summed E-state index contributed by atoms with van der Waals surface area (Å²) in [6, 6.07) is 0.233. The molecule has 0 saturated carbocycles. The number of piperidine rings is 1. The number of nitrogens with one attached hydrogen (secondary N) is 2. The van der Waals surface area contributed by atoms with Crippen LogP contribution in [0.4, 0.5) is 13.2 Å². The Morgan fingerprint density at radius 2 is 1.77 bits per heavy atom. The minimum Gasteiger partial charge on any atom is -0.357 e. The van der Waals surface area contributed by atoms with Gasteiger partial charge in [-0.05, 0) is 38.5 Å². The summed E-state index contributed by atoms with van der Waals surface area (Å²) < 4.78 is 61.0. The second-order valence-corrected chi connectivity index (χ2v) is 8.62. The van der Waals surface area contributed by atoms with Crippen LogP contribution in [0.3, 0.4) is 0 Å². The van der Waals surface area contributed by atoms with Crippen molar-refractivity contribution in [3.05, 3.63) is 0 Å². The summed E-state index contributed by atoms with van der Waals surface area (Å²) in [7, 11) is -5.22. The lowest BCUT2D eigenvalue weighted by Gasteiger charge is -2.31. The maximum atomic E-state index is 12.6. The van der Waals surface area contributed by atoms with Gasteiger partial charge >= 0.3 is 15.5 Å². The first kappa shape index (κ1) is 25.7. The van der Waals surface area contributed by atoms with Crippen molar-refractivity contribution in [2.24, 2.45) is 16.8 Å². The van der Waals surface area contributed by atoms with E-state index in [0.717, 1.165) is 0 Å². The van der Waals surface area contributed by atoms with Gasteiger partial charge in [0.2, 0.25) is 0 Å². The molecule has 0 aliphatic carbocycles. The minimum atomic E-state index is -5.23. The SMILES string of the molecule is CCNC(=NCC1CCN(S(=O)(=O)C(F)(F)F)CC1)NC(C)C(C)C.I. The lowest BCUT2D eigenvalue weighted by molar-refractivity contribution is -0.0496. The summed E-state index contributed by atoms with van der Waals surface area (Å²) in [6.45, 7) is 9.13. The molecule has 1 heterocycles. The summed E-state index contributed by atoms with van der Waals surface area (Å²) in [5, 5.41) is 6.44. The molecule has 0 aromatic carbocycles. The Bertz CT molecular complexity index is 548. The number of rotatable bonds is 6. The molecule has 1 atom stereocenters. The molecule has 1 aliphatic heterocycles. The largest absolute Gasteiger partial charge is 0.511 e. The highest BCUT2D eigenvalue weighted by atomic mass is 127. The first-order chi connectivity index (χ1) is 11.5. The Kier molecular flexibility index (Phi) is 10.8. The van der Waals surface area contributed by atoms with Crippen molar-refractivity contribution >= 4 is 40.0 Å². The van der Waals surface area contributed by atoms with Gasteiger partial charge in [-0.1, -0.05) is 13.8 Å². The molecule has 26 heavy (non-hydrogen) atoms. The predicted octanol–water partition coefficient (Wildman–Crippen LogP) is 2.77.